The van der Waals surface area contributed by atoms with Crippen molar-refractivity contribution in [2.24, 2.45) is 0 Å². The van der Waals surface area contributed by atoms with Crippen molar-refractivity contribution in [1.29, 1.82) is 0 Å². The molecule has 4 heterocycles. The van der Waals surface area contributed by atoms with E-state index in [2.05, 4.69) is 34.1 Å². The lowest BCUT2D eigenvalue weighted by Crippen LogP contribution is -2.27. The molecule has 3 aromatic rings. The molecule has 0 unspecified atom stereocenters. The van der Waals surface area contributed by atoms with Crippen molar-refractivity contribution in [3.05, 3.63) is 83.1 Å². The summed E-state index contributed by atoms with van der Waals surface area (Å²) >= 11 is 0. The second-order valence-electron chi connectivity index (χ2n) is 8.74. The molecule has 0 radical (unpaired) electrons. The number of nitrogens with two attached hydrogens (primary N) is 1. The third kappa shape index (κ3) is 4.50. The molecule has 1 aromatic carbocycles. The fraction of sp³-hybridized carbons (Fsp3) is 0.269. The number of amides is 1. The lowest BCUT2D eigenvalue weighted by atomic mass is 9.99. The van der Waals surface area contributed by atoms with Crippen LogP contribution < -0.4 is 5.73 Å². The van der Waals surface area contributed by atoms with E-state index in [1.165, 1.54) is 17.7 Å². The molecule has 1 amide bonds. The number of rotatable bonds is 4. The van der Waals surface area contributed by atoms with Gasteiger partial charge in [-0.1, -0.05) is 6.08 Å². The molecular weight excluding hydrogens is 417 g/mol. The molecule has 0 spiro atoms. The van der Waals surface area contributed by atoms with Crippen molar-refractivity contribution in [2.75, 3.05) is 25.9 Å². The highest BCUT2D eigenvalue weighted by Gasteiger charge is 2.26. The van der Waals surface area contributed by atoms with Gasteiger partial charge in [-0.3, -0.25) is 14.8 Å². The number of hydrogen-bond donors (Lipinski definition) is 1. The Kier molecular flexibility index (Phi) is 5.64. The van der Waals surface area contributed by atoms with Crippen molar-refractivity contribution in [1.82, 2.24) is 19.8 Å². The highest BCUT2D eigenvalue weighted by Crippen LogP contribution is 2.28. The Morgan fingerprint density at radius 3 is 2.70 bits per heavy atom. The van der Waals surface area contributed by atoms with Gasteiger partial charge in [-0.2, -0.15) is 0 Å². The second kappa shape index (κ2) is 8.75. The minimum Gasteiger partial charge on any atom is -0.397 e. The number of fused-ring (bicyclic) bond motifs is 1. The van der Waals surface area contributed by atoms with E-state index in [9.17, 15) is 9.18 Å². The topological polar surface area (TPSA) is 75.4 Å². The molecule has 2 aliphatic rings. The first-order valence-corrected chi connectivity index (χ1v) is 11.1. The van der Waals surface area contributed by atoms with Crippen molar-refractivity contribution in [2.45, 2.75) is 25.9 Å². The summed E-state index contributed by atoms with van der Waals surface area (Å²) in [5.74, 6) is -0.342. The number of likely N-dealkylation sites (N-methyl/N-ethyl adjacent to an activating group) is 1. The Morgan fingerprint density at radius 2 is 1.94 bits per heavy atom. The number of nitrogen functional groups attached to an aromatic ring is 1. The van der Waals surface area contributed by atoms with Crippen LogP contribution >= 0.6 is 0 Å². The molecule has 7 heteroatoms. The summed E-state index contributed by atoms with van der Waals surface area (Å²) in [4.78, 5) is 26.4. The number of carbonyl (C=O) groups excluding carboxylic acids is 1. The van der Waals surface area contributed by atoms with Gasteiger partial charge < -0.3 is 15.5 Å². The van der Waals surface area contributed by atoms with Gasteiger partial charge in [0, 0.05) is 31.4 Å². The van der Waals surface area contributed by atoms with E-state index in [-0.39, 0.29) is 18.1 Å². The van der Waals surface area contributed by atoms with Gasteiger partial charge >= 0.3 is 0 Å². The van der Waals surface area contributed by atoms with Crippen LogP contribution in [-0.4, -0.2) is 45.8 Å². The maximum atomic E-state index is 13.2. The highest BCUT2D eigenvalue weighted by molar-refractivity contribution is 5.81. The number of carbonyl (C=O) groups is 1. The zero-order valence-electron chi connectivity index (χ0n) is 18.6. The normalized spacial score (nSPS) is 15.9. The standard InChI is InChI=1S/C26H26FN5O/c1-31-10-8-17(9-11-31)19-12-20-15-32(16-25(20)29-14-19)26(33)13-24-22(28)6-7-23(30-24)18-2-4-21(27)5-3-18/h2-8,12,14H,9-11,13,15-16,28H2,1H3. The van der Waals surface area contributed by atoms with Crippen LogP contribution in [0.2, 0.25) is 0 Å². The van der Waals surface area contributed by atoms with E-state index < -0.39 is 0 Å². The largest absolute Gasteiger partial charge is 0.397 e. The Hall–Kier alpha value is -3.58. The van der Waals surface area contributed by atoms with Crippen LogP contribution in [0.5, 0.6) is 0 Å². The molecule has 0 saturated heterocycles. The number of nitrogens with zero attached hydrogens (tertiary/aromatic N) is 4. The first-order valence-electron chi connectivity index (χ1n) is 11.1. The van der Waals surface area contributed by atoms with Crippen molar-refractivity contribution < 1.29 is 9.18 Å². The lowest BCUT2D eigenvalue weighted by Gasteiger charge is -2.22. The van der Waals surface area contributed by atoms with Crippen LogP contribution in [-0.2, 0) is 24.3 Å². The van der Waals surface area contributed by atoms with Gasteiger partial charge in [-0.05, 0) is 72.6 Å². The molecule has 0 fully saturated rings. The Morgan fingerprint density at radius 1 is 1.12 bits per heavy atom. The molecule has 0 saturated carbocycles. The molecular formula is C26H26FN5O. The Bertz CT molecular complexity index is 1240. The minimum absolute atomic E-state index is 0.0384. The third-order valence-electron chi connectivity index (χ3n) is 6.37. The lowest BCUT2D eigenvalue weighted by molar-refractivity contribution is -0.131. The number of anilines is 1. The number of halogens is 1. The van der Waals surface area contributed by atoms with Gasteiger partial charge in [0.25, 0.3) is 0 Å². The van der Waals surface area contributed by atoms with Gasteiger partial charge in [0.1, 0.15) is 5.82 Å². The van der Waals surface area contributed by atoms with Crippen molar-refractivity contribution >= 4 is 17.2 Å². The molecule has 0 atom stereocenters. The van der Waals surface area contributed by atoms with Crippen LogP contribution in [0.1, 0.15) is 28.9 Å². The molecule has 2 aromatic heterocycles. The smallest absolute Gasteiger partial charge is 0.229 e. The van der Waals surface area contributed by atoms with E-state index in [0.29, 0.717) is 30.2 Å². The summed E-state index contributed by atoms with van der Waals surface area (Å²) in [5.41, 5.74) is 13.1. The molecule has 168 valence electrons. The molecule has 6 nitrogen and oxygen atoms in total. The van der Waals surface area contributed by atoms with Crippen LogP contribution in [0.15, 0.2) is 54.7 Å². The van der Waals surface area contributed by atoms with Gasteiger partial charge in [-0.25, -0.2) is 4.39 Å². The molecule has 0 aliphatic carbocycles. The Labute approximate surface area is 192 Å². The van der Waals surface area contributed by atoms with Crippen LogP contribution in [0, 0.1) is 5.82 Å². The second-order valence-corrected chi connectivity index (χ2v) is 8.74. The van der Waals surface area contributed by atoms with Crippen LogP contribution in [0.25, 0.3) is 16.8 Å². The summed E-state index contributed by atoms with van der Waals surface area (Å²) in [6, 6.07) is 11.8. The summed E-state index contributed by atoms with van der Waals surface area (Å²) in [7, 11) is 2.12. The molecule has 5 rings (SSSR count). The van der Waals surface area contributed by atoms with E-state index in [1.807, 2.05) is 6.20 Å². The van der Waals surface area contributed by atoms with Crippen LogP contribution in [0.4, 0.5) is 10.1 Å². The quantitative estimate of drug-likeness (QED) is 0.666. The monoisotopic (exact) mass is 443 g/mol. The van der Waals surface area contributed by atoms with Gasteiger partial charge in [0.2, 0.25) is 5.91 Å². The maximum Gasteiger partial charge on any atom is 0.229 e. The number of pyridine rings is 2. The summed E-state index contributed by atoms with van der Waals surface area (Å²) in [6.45, 7) is 3.02. The zero-order chi connectivity index (χ0) is 22.9. The van der Waals surface area contributed by atoms with Crippen molar-refractivity contribution in [3.63, 3.8) is 0 Å². The molecule has 2 N–H and O–H groups in total. The van der Waals surface area contributed by atoms with Gasteiger partial charge in [0.15, 0.2) is 0 Å². The average Bonchev–Trinajstić information content (AvgIpc) is 3.25. The molecule has 0 bridgehead atoms. The van der Waals surface area contributed by atoms with E-state index in [4.69, 9.17) is 5.73 Å². The Balaban J connectivity index is 1.30. The van der Waals surface area contributed by atoms with Gasteiger partial charge in [-0.15, -0.1) is 0 Å². The van der Waals surface area contributed by atoms with E-state index in [1.54, 1.807) is 29.2 Å². The number of aromatic nitrogens is 2. The first kappa shape index (κ1) is 21.3. The highest BCUT2D eigenvalue weighted by atomic mass is 19.1. The average molecular weight is 444 g/mol. The summed E-state index contributed by atoms with van der Waals surface area (Å²) < 4.78 is 13.2. The summed E-state index contributed by atoms with van der Waals surface area (Å²) in [6.07, 6.45) is 5.30. The zero-order valence-corrected chi connectivity index (χ0v) is 18.6. The first-order chi connectivity index (χ1) is 16.0. The molecule has 33 heavy (non-hydrogen) atoms. The fourth-order valence-electron chi connectivity index (χ4n) is 4.34. The van der Waals surface area contributed by atoms with Crippen LogP contribution in [0.3, 0.4) is 0 Å². The van der Waals surface area contributed by atoms with E-state index in [0.717, 1.165) is 41.9 Å². The van der Waals surface area contributed by atoms with Crippen molar-refractivity contribution in [3.8, 4) is 11.3 Å². The molecule has 2 aliphatic heterocycles. The van der Waals surface area contributed by atoms with Gasteiger partial charge in [0.05, 0.1) is 35.7 Å². The number of benzene rings is 1. The SMILES string of the molecule is CN1CC=C(c2cnc3c(c2)CN(C(=O)Cc2nc(-c4ccc(F)cc4)ccc2N)C3)CC1. The number of hydrogen-bond acceptors (Lipinski definition) is 5. The third-order valence-corrected chi connectivity index (χ3v) is 6.37. The van der Waals surface area contributed by atoms with E-state index >= 15 is 0 Å². The summed E-state index contributed by atoms with van der Waals surface area (Å²) in [5, 5.41) is 0. The fourth-order valence-corrected chi connectivity index (χ4v) is 4.34. The predicted molar refractivity (Wildman–Crippen MR) is 126 cm³/mol. The predicted octanol–water partition coefficient (Wildman–Crippen LogP) is 3.67. The maximum absolute atomic E-state index is 13.2. The minimum atomic E-state index is -0.304.